The summed E-state index contributed by atoms with van der Waals surface area (Å²) in [5.74, 6) is 1.56. The topological polar surface area (TPSA) is 142 Å². The molecule has 1 fully saturated rings. The number of aryl methyl sites for hydroxylation is 1. The zero-order valence-corrected chi connectivity index (χ0v) is 18.3. The number of anilines is 2. The molecular weight excluding hydrogens is 408 g/mol. The third-order valence-electron chi connectivity index (χ3n) is 6.09. The van der Waals surface area contributed by atoms with Crippen molar-refractivity contribution in [1.82, 2.24) is 15.0 Å². The molecule has 0 atom stereocenters. The highest BCUT2D eigenvalue weighted by Gasteiger charge is 2.31. The molecule has 1 saturated carbocycles. The number of nitrogens with zero attached hydrogens (tertiary/aromatic N) is 5. The zero-order valence-electron chi connectivity index (χ0n) is 18.3. The number of hydrogen-bond acceptors (Lipinski definition) is 7. The summed E-state index contributed by atoms with van der Waals surface area (Å²) in [6, 6.07) is 3.54. The van der Waals surface area contributed by atoms with Gasteiger partial charge in [-0.3, -0.25) is 15.1 Å². The Bertz CT molecular complexity index is 1050. The van der Waals surface area contributed by atoms with Crippen LogP contribution in [-0.2, 0) is 9.53 Å². The van der Waals surface area contributed by atoms with Crippen molar-refractivity contribution in [2.45, 2.75) is 38.7 Å². The molecule has 32 heavy (non-hydrogen) atoms. The molecule has 0 unspecified atom stereocenters. The fourth-order valence-corrected chi connectivity index (χ4v) is 4.30. The largest absolute Gasteiger partial charge is 0.390 e. The number of amides is 1. The Kier molecular flexibility index (Phi) is 6.40. The maximum absolute atomic E-state index is 12.8. The molecule has 2 aromatic heterocycles. The monoisotopic (exact) mass is 436 g/mol. The predicted molar refractivity (Wildman–Crippen MR) is 123 cm³/mol. The molecule has 168 valence electrons. The van der Waals surface area contributed by atoms with Gasteiger partial charge in [0.2, 0.25) is 5.91 Å². The van der Waals surface area contributed by atoms with Crippen LogP contribution in [0.25, 0.3) is 11.3 Å². The number of nitrogens with one attached hydrogen (secondary N) is 2. The van der Waals surface area contributed by atoms with Crippen LogP contribution < -0.4 is 16.0 Å². The van der Waals surface area contributed by atoms with E-state index in [0.717, 1.165) is 37.6 Å². The van der Waals surface area contributed by atoms with E-state index in [1.165, 1.54) is 0 Å². The summed E-state index contributed by atoms with van der Waals surface area (Å²) in [5, 5.41) is 11.0. The van der Waals surface area contributed by atoms with Crippen molar-refractivity contribution in [2.75, 3.05) is 30.4 Å². The molecule has 3 heterocycles. The van der Waals surface area contributed by atoms with Crippen LogP contribution in [0.5, 0.6) is 0 Å². The average Bonchev–Trinajstić information content (AvgIpc) is 2.81. The number of aromatic nitrogens is 3. The van der Waals surface area contributed by atoms with E-state index in [-0.39, 0.29) is 18.3 Å². The highest BCUT2D eigenvalue weighted by molar-refractivity contribution is 6.01. The van der Waals surface area contributed by atoms with Crippen molar-refractivity contribution in [2.24, 2.45) is 16.6 Å². The lowest BCUT2D eigenvalue weighted by molar-refractivity contribution is -0.117. The number of nitrogens with two attached hydrogens (primary N) is 1. The Morgan fingerprint density at radius 3 is 2.81 bits per heavy atom. The highest BCUT2D eigenvalue weighted by atomic mass is 16.5. The van der Waals surface area contributed by atoms with Crippen LogP contribution in [0.2, 0.25) is 0 Å². The van der Waals surface area contributed by atoms with E-state index in [4.69, 9.17) is 20.9 Å². The molecule has 0 radical (unpaired) electrons. The first kappa shape index (κ1) is 21.8. The van der Waals surface area contributed by atoms with Crippen LogP contribution in [0.4, 0.5) is 11.6 Å². The fraction of sp³-hybridized carbons (Fsp3) is 0.455. The van der Waals surface area contributed by atoms with Gasteiger partial charge in [-0.1, -0.05) is 0 Å². The van der Waals surface area contributed by atoms with Gasteiger partial charge in [0, 0.05) is 24.9 Å². The number of methoxy groups -OCH3 is 1. The molecule has 1 amide bonds. The van der Waals surface area contributed by atoms with Gasteiger partial charge in [0.05, 0.1) is 30.9 Å². The summed E-state index contributed by atoms with van der Waals surface area (Å²) in [6.07, 6.45) is 7.15. The minimum absolute atomic E-state index is 0.00361. The summed E-state index contributed by atoms with van der Waals surface area (Å²) in [5.41, 5.74) is 7.79. The van der Waals surface area contributed by atoms with Gasteiger partial charge in [0.15, 0.2) is 17.5 Å². The maximum atomic E-state index is 12.8. The Balaban J connectivity index is 1.60. The van der Waals surface area contributed by atoms with Crippen molar-refractivity contribution >= 4 is 29.7 Å². The average molecular weight is 437 g/mol. The molecule has 1 aliphatic carbocycles. The lowest BCUT2D eigenvalue weighted by Crippen LogP contribution is -2.44. The normalized spacial score (nSPS) is 20.8. The second-order valence-electron chi connectivity index (χ2n) is 8.12. The SMILES string of the molecule is CO[C@H]1CC[C@@H](CN2C(=O)CNc3ncc(-c4ccc(C(=N)/N=C\N)nc4C)nc32)CC1. The van der Waals surface area contributed by atoms with E-state index < -0.39 is 0 Å². The maximum Gasteiger partial charge on any atom is 0.247 e. The molecule has 2 aromatic rings. The summed E-state index contributed by atoms with van der Waals surface area (Å²) >= 11 is 0. The van der Waals surface area contributed by atoms with E-state index in [9.17, 15) is 4.79 Å². The van der Waals surface area contributed by atoms with Crippen molar-refractivity contribution in [1.29, 1.82) is 5.41 Å². The van der Waals surface area contributed by atoms with Crippen LogP contribution in [0.3, 0.4) is 0 Å². The van der Waals surface area contributed by atoms with Crippen molar-refractivity contribution < 1.29 is 9.53 Å². The minimum atomic E-state index is -0.0113. The first-order valence-electron chi connectivity index (χ1n) is 10.8. The van der Waals surface area contributed by atoms with E-state index in [1.54, 1.807) is 24.3 Å². The Morgan fingerprint density at radius 1 is 1.34 bits per heavy atom. The van der Waals surface area contributed by atoms with Crippen molar-refractivity contribution in [3.8, 4) is 11.3 Å². The first-order valence-corrected chi connectivity index (χ1v) is 10.8. The number of rotatable bonds is 5. The summed E-state index contributed by atoms with van der Waals surface area (Å²) < 4.78 is 5.47. The van der Waals surface area contributed by atoms with Crippen LogP contribution in [-0.4, -0.2) is 59.3 Å². The predicted octanol–water partition coefficient (Wildman–Crippen LogP) is 2.12. The Hall–Kier alpha value is -3.40. The third-order valence-corrected chi connectivity index (χ3v) is 6.09. The summed E-state index contributed by atoms with van der Waals surface area (Å²) in [6.45, 7) is 2.69. The number of fused-ring (bicyclic) bond motifs is 1. The molecule has 1 aliphatic heterocycles. The third kappa shape index (κ3) is 4.45. The lowest BCUT2D eigenvalue weighted by atomic mass is 9.87. The summed E-state index contributed by atoms with van der Waals surface area (Å²) in [4.78, 5) is 32.1. The molecule has 0 bridgehead atoms. The number of hydrogen-bond donors (Lipinski definition) is 3. The van der Waals surface area contributed by atoms with Crippen LogP contribution in [0.15, 0.2) is 23.3 Å². The number of amidine groups is 1. The number of ether oxygens (including phenoxy) is 1. The first-order chi connectivity index (χ1) is 15.5. The van der Waals surface area contributed by atoms with E-state index in [2.05, 4.69) is 20.3 Å². The van der Waals surface area contributed by atoms with Crippen LogP contribution in [0.1, 0.15) is 37.1 Å². The minimum Gasteiger partial charge on any atom is -0.390 e. The Labute approximate surface area is 186 Å². The molecule has 10 heteroatoms. The van der Waals surface area contributed by atoms with Gasteiger partial charge in [-0.05, 0) is 50.7 Å². The summed E-state index contributed by atoms with van der Waals surface area (Å²) in [7, 11) is 1.76. The lowest BCUT2D eigenvalue weighted by Gasteiger charge is -2.34. The number of carbonyl (C=O) groups excluding carboxylic acids is 1. The molecule has 4 N–H and O–H groups in total. The van der Waals surface area contributed by atoms with Gasteiger partial charge in [0.1, 0.15) is 5.69 Å². The van der Waals surface area contributed by atoms with Gasteiger partial charge < -0.3 is 15.8 Å². The van der Waals surface area contributed by atoms with Gasteiger partial charge in [-0.25, -0.2) is 19.9 Å². The van der Waals surface area contributed by atoms with Gasteiger partial charge in [-0.15, -0.1) is 0 Å². The fourth-order valence-electron chi connectivity index (χ4n) is 4.30. The highest BCUT2D eigenvalue weighted by Crippen LogP contribution is 2.33. The standard InChI is InChI=1S/C22H28N8O2/c1-13-16(7-8-17(28-13)20(24)27-12-23)18-9-25-21-22(29-18)30(19(31)10-26-21)11-14-3-5-15(32-2)6-4-14/h7-9,12,14-15H,3-6,10-11H2,1-2H3,(H,25,26)(H3,23,24,27)/t14-,15+. The number of carbonyl (C=O) groups is 1. The molecular formula is C22H28N8O2. The molecule has 10 nitrogen and oxygen atoms in total. The van der Waals surface area contributed by atoms with Gasteiger partial charge in [0.25, 0.3) is 0 Å². The quantitative estimate of drug-likeness (QED) is 0.481. The van der Waals surface area contributed by atoms with E-state index in [1.807, 2.05) is 13.0 Å². The second-order valence-corrected chi connectivity index (χ2v) is 8.12. The zero-order chi connectivity index (χ0) is 22.7. The number of pyridine rings is 1. The van der Waals surface area contributed by atoms with Crippen LogP contribution >= 0.6 is 0 Å². The second kappa shape index (κ2) is 9.39. The number of aliphatic imine (C=N–C) groups is 1. The van der Waals surface area contributed by atoms with E-state index >= 15 is 0 Å². The molecule has 4 rings (SSSR count). The van der Waals surface area contributed by atoms with Gasteiger partial charge in [-0.2, -0.15) is 0 Å². The molecule has 0 saturated heterocycles. The van der Waals surface area contributed by atoms with Crippen LogP contribution in [0, 0.1) is 18.3 Å². The van der Waals surface area contributed by atoms with E-state index in [0.29, 0.717) is 47.3 Å². The molecule has 0 aromatic carbocycles. The smallest absolute Gasteiger partial charge is 0.247 e. The molecule has 0 spiro atoms. The van der Waals surface area contributed by atoms with Crippen molar-refractivity contribution in [3.05, 3.63) is 29.7 Å². The molecule has 2 aliphatic rings. The Morgan fingerprint density at radius 2 is 2.12 bits per heavy atom. The van der Waals surface area contributed by atoms with Gasteiger partial charge >= 0.3 is 0 Å². The van der Waals surface area contributed by atoms with Crippen molar-refractivity contribution in [3.63, 3.8) is 0 Å².